The summed E-state index contributed by atoms with van der Waals surface area (Å²) in [5.41, 5.74) is 3.32. The molecule has 0 saturated heterocycles. The van der Waals surface area contributed by atoms with E-state index in [1.165, 1.54) is 0 Å². The van der Waals surface area contributed by atoms with E-state index in [4.69, 9.17) is 27.9 Å². The molecule has 1 aliphatic carbocycles. The number of amides is 1. The predicted molar refractivity (Wildman–Crippen MR) is 103 cm³/mol. The first-order valence-electron chi connectivity index (χ1n) is 8.45. The van der Waals surface area contributed by atoms with Crippen LogP contribution < -0.4 is 10.2 Å². The van der Waals surface area contributed by atoms with E-state index in [0.29, 0.717) is 0 Å². The van der Waals surface area contributed by atoms with E-state index in [2.05, 4.69) is 17.5 Å². The Hall–Kier alpha value is -1.52. The molecule has 0 unspecified atom stereocenters. The second-order valence-electron chi connectivity index (χ2n) is 6.79. The van der Waals surface area contributed by atoms with Crippen LogP contribution in [0.15, 0.2) is 39.9 Å². The predicted octanol–water partition coefficient (Wildman–Crippen LogP) is 4.91. The van der Waals surface area contributed by atoms with Crippen molar-refractivity contribution in [3.8, 4) is 5.75 Å². The number of carbonyl (C=O) groups excluding carboxylic acids is 1. The molecule has 6 heteroatoms. The van der Waals surface area contributed by atoms with Gasteiger partial charge < -0.3 is 4.74 Å². The standard InChI is InChI=1S/C19H24Cl2N2O2/c1-4-5-10-25-14-8-6-13(7-9-14)12-22-23-18(24)17-15(11-16(20)21)19(17,2)3/h6-9,11-12,15,17H,4-5,10H2,1-3H3,(H,23,24)/b22-12-/t15-,17+/m1/s1. The SMILES string of the molecule is CCCCOc1ccc(/C=N\NC(=O)[C@@H]2[C@@H](C=C(Cl)Cl)C2(C)C)cc1. The van der Waals surface area contributed by atoms with Crippen LogP contribution in [-0.2, 0) is 4.79 Å². The zero-order valence-corrected chi connectivity index (χ0v) is 16.3. The quantitative estimate of drug-likeness (QED) is 0.394. The lowest BCUT2D eigenvalue weighted by Crippen LogP contribution is -2.21. The summed E-state index contributed by atoms with van der Waals surface area (Å²) in [5.74, 6) is 0.567. The molecule has 25 heavy (non-hydrogen) atoms. The number of halogens is 2. The van der Waals surface area contributed by atoms with Gasteiger partial charge in [0.15, 0.2) is 0 Å². The molecular formula is C19H24Cl2N2O2. The summed E-state index contributed by atoms with van der Waals surface area (Å²) >= 11 is 11.4. The second-order valence-corrected chi connectivity index (χ2v) is 7.79. The maximum Gasteiger partial charge on any atom is 0.244 e. The van der Waals surface area contributed by atoms with Gasteiger partial charge in [-0.3, -0.25) is 4.79 Å². The summed E-state index contributed by atoms with van der Waals surface area (Å²) in [4.78, 5) is 12.2. The van der Waals surface area contributed by atoms with Crippen molar-refractivity contribution in [1.29, 1.82) is 0 Å². The van der Waals surface area contributed by atoms with Crippen LogP contribution in [0.3, 0.4) is 0 Å². The molecule has 136 valence electrons. The van der Waals surface area contributed by atoms with Gasteiger partial charge in [0.1, 0.15) is 10.2 Å². The molecule has 0 heterocycles. The third kappa shape index (κ3) is 5.48. The fourth-order valence-electron chi connectivity index (χ4n) is 2.85. The molecule has 0 radical (unpaired) electrons. The highest BCUT2D eigenvalue weighted by molar-refractivity contribution is 6.55. The Morgan fingerprint density at radius 1 is 1.32 bits per heavy atom. The van der Waals surface area contributed by atoms with E-state index in [9.17, 15) is 4.79 Å². The topological polar surface area (TPSA) is 50.7 Å². The first-order valence-corrected chi connectivity index (χ1v) is 9.20. The average molecular weight is 383 g/mol. The summed E-state index contributed by atoms with van der Waals surface area (Å²) in [6, 6.07) is 7.59. The van der Waals surface area contributed by atoms with Gasteiger partial charge in [-0.25, -0.2) is 5.43 Å². The van der Waals surface area contributed by atoms with E-state index in [0.717, 1.165) is 30.8 Å². The number of hydrogen-bond acceptors (Lipinski definition) is 3. The first-order chi connectivity index (χ1) is 11.9. The molecule has 2 atom stereocenters. The lowest BCUT2D eigenvalue weighted by atomic mass is 10.1. The normalized spacial score (nSPS) is 21.0. The number of allylic oxidation sites excluding steroid dienone is 1. The zero-order chi connectivity index (χ0) is 18.4. The van der Waals surface area contributed by atoms with Crippen molar-refractivity contribution in [2.24, 2.45) is 22.4 Å². The number of rotatable bonds is 8. The molecule has 0 aliphatic heterocycles. The van der Waals surface area contributed by atoms with Crippen LogP contribution in [0.1, 0.15) is 39.2 Å². The van der Waals surface area contributed by atoms with Crippen molar-refractivity contribution >= 4 is 35.3 Å². The van der Waals surface area contributed by atoms with Gasteiger partial charge in [0, 0.05) is 0 Å². The van der Waals surface area contributed by atoms with Crippen molar-refractivity contribution < 1.29 is 9.53 Å². The molecule has 1 aromatic carbocycles. The molecule has 0 spiro atoms. The molecule has 1 saturated carbocycles. The monoisotopic (exact) mass is 382 g/mol. The van der Waals surface area contributed by atoms with Gasteiger partial charge in [0.25, 0.3) is 0 Å². The Morgan fingerprint density at radius 2 is 2.00 bits per heavy atom. The molecule has 1 N–H and O–H groups in total. The Morgan fingerprint density at radius 3 is 2.60 bits per heavy atom. The Balaban J connectivity index is 1.85. The molecule has 0 aromatic heterocycles. The number of carbonyl (C=O) groups is 1. The highest BCUT2D eigenvalue weighted by Crippen LogP contribution is 2.59. The van der Waals surface area contributed by atoms with Gasteiger partial charge in [-0.15, -0.1) is 0 Å². The minimum absolute atomic E-state index is 0.0345. The van der Waals surface area contributed by atoms with Gasteiger partial charge in [-0.1, -0.05) is 50.4 Å². The molecule has 1 amide bonds. The van der Waals surface area contributed by atoms with E-state index < -0.39 is 0 Å². The number of ether oxygens (including phenoxy) is 1. The van der Waals surface area contributed by atoms with Gasteiger partial charge in [0.05, 0.1) is 18.7 Å². The number of nitrogens with zero attached hydrogens (tertiary/aromatic N) is 1. The van der Waals surface area contributed by atoms with Crippen LogP contribution in [0, 0.1) is 17.3 Å². The van der Waals surface area contributed by atoms with E-state index in [-0.39, 0.29) is 27.6 Å². The fourth-order valence-corrected chi connectivity index (χ4v) is 3.12. The van der Waals surface area contributed by atoms with E-state index >= 15 is 0 Å². The smallest absolute Gasteiger partial charge is 0.244 e. The maximum absolute atomic E-state index is 12.2. The molecular weight excluding hydrogens is 359 g/mol. The highest BCUT2D eigenvalue weighted by Gasteiger charge is 2.60. The van der Waals surface area contributed by atoms with Crippen LogP contribution in [0.2, 0.25) is 0 Å². The highest BCUT2D eigenvalue weighted by atomic mass is 35.5. The van der Waals surface area contributed by atoms with Crippen molar-refractivity contribution in [3.63, 3.8) is 0 Å². The summed E-state index contributed by atoms with van der Waals surface area (Å²) in [6.07, 6.45) is 5.48. The number of unbranched alkanes of at least 4 members (excludes halogenated alkanes) is 1. The Kier molecular flexibility index (Phi) is 6.91. The van der Waals surface area contributed by atoms with Gasteiger partial charge >= 0.3 is 0 Å². The van der Waals surface area contributed by atoms with Crippen molar-refractivity contribution in [2.75, 3.05) is 6.61 Å². The van der Waals surface area contributed by atoms with Crippen LogP contribution >= 0.6 is 23.2 Å². The lowest BCUT2D eigenvalue weighted by Gasteiger charge is -2.05. The van der Waals surface area contributed by atoms with Crippen LogP contribution in [-0.4, -0.2) is 18.7 Å². The molecule has 1 aromatic rings. The zero-order valence-electron chi connectivity index (χ0n) is 14.8. The van der Waals surface area contributed by atoms with Crippen LogP contribution in [0.4, 0.5) is 0 Å². The molecule has 0 bridgehead atoms. The largest absolute Gasteiger partial charge is 0.494 e. The molecule has 1 fully saturated rings. The van der Waals surface area contributed by atoms with Gasteiger partial charge in [-0.2, -0.15) is 5.10 Å². The third-order valence-corrected chi connectivity index (χ3v) is 4.79. The number of benzene rings is 1. The summed E-state index contributed by atoms with van der Waals surface area (Å²) in [6.45, 7) is 6.87. The minimum atomic E-state index is -0.175. The van der Waals surface area contributed by atoms with E-state index in [1.54, 1.807) is 12.3 Å². The minimum Gasteiger partial charge on any atom is -0.494 e. The van der Waals surface area contributed by atoms with Crippen molar-refractivity contribution in [3.05, 3.63) is 40.4 Å². The average Bonchev–Trinajstić information content (AvgIpc) is 3.08. The summed E-state index contributed by atoms with van der Waals surface area (Å²) in [5, 5.41) is 4.04. The number of hydrogen-bond donors (Lipinski definition) is 1. The van der Waals surface area contributed by atoms with Gasteiger partial charge in [0.2, 0.25) is 5.91 Å². The first kappa shape index (κ1) is 19.8. The van der Waals surface area contributed by atoms with Crippen molar-refractivity contribution in [2.45, 2.75) is 33.6 Å². The lowest BCUT2D eigenvalue weighted by molar-refractivity contribution is -0.123. The molecule has 2 rings (SSSR count). The fraction of sp³-hybridized carbons (Fsp3) is 0.474. The molecule has 1 aliphatic rings. The van der Waals surface area contributed by atoms with E-state index in [1.807, 2.05) is 38.1 Å². The Labute approximate surface area is 159 Å². The van der Waals surface area contributed by atoms with Crippen molar-refractivity contribution in [1.82, 2.24) is 5.43 Å². The van der Waals surface area contributed by atoms with Crippen LogP contribution in [0.25, 0.3) is 0 Å². The number of nitrogens with one attached hydrogen (secondary N) is 1. The molecule has 4 nitrogen and oxygen atoms in total. The Bertz CT molecular complexity index is 650. The van der Waals surface area contributed by atoms with Gasteiger partial charge in [-0.05, 0) is 53.7 Å². The third-order valence-electron chi connectivity index (χ3n) is 4.53. The maximum atomic E-state index is 12.2. The van der Waals surface area contributed by atoms with Crippen LogP contribution in [0.5, 0.6) is 5.75 Å². The second kappa shape index (κ2) is 8.72. The summed E-state index contributed by atoms with van der Waals surface area (Å²) < 4.78 is 5.80. The number of hydrazone groups is 1. The summed E-state index contributed by atoms with van der Waals surface area (Å²) in [7, 11) is 0.